The highest BCUT2D eigenvalue weighted by molar-refractivity contribution is 5.91. The Bertz CT molecular complexity index is 1070. The van der Waals surface area contributed by atoms with Gasteiger partial charge in [-0.15, -0.1) is 5.92 Å². The number of carbonyl (C=O) groups excluding carboxylic acids is 1. The molecule has 3 saturated carbocycles. The van der Waals surface area contributed by atoms with E-state index in [0.29, 0.717) is 42.2 Å². The third-order valence-corrected chi connectivity index (χ3v) is 9.67. The zero-order chi connectivity index (χ0) is 23.5. The fourth-order valence-electron chi connectivity index (χ4n) is 8.18. The number of benzene rings is 1. The van der Waals surface area contributed by atoms with E-state index in [2.05, 4.69) is 24.8 Å². The summed E-state index contributed by atoms with van der Waals surface area (Å²) in [5, 5.41) is 11.7. The second-order valence-corrected chi connectivity index (χ2v) is 11.3. The smallest absolute Gasteiger partial charge is 0.155 e. The number of anilines is 1. The summed E-state index contributed by atoms with van der Waals surface area (Å²) < 4.78 is 15.1. The van der Waals surface area contributed by atoms with E-state index in [9.17, 15) is 9.90 Å². The van der Waals surface area contributed by atoms with Crippen LogP contribution in [-0.2, 0) is 4.79 Å². The molecule has 4 heteroatoms. The molecule has 1 aromatic carbocycles. The number of halogens is 1. The summed E-state index contributed by atoms with van der Waals surface area (Å²) in [7, 11) is 3.72. The number of carbonyl (C=O) groups is 1. The van der Waals surface area contributed by atoms with E-state index in [4.69, 9.17) is 0 Å². The van der Waals surface area contributed by atoms with Crippen molar-refractivity contribution in [2.45, 2.75) is 70.3 Å². The van der Waals surface area contributed by atoms with Crippen molar-refractivity contribution in [3.8, 4) is 11.8 Å². The van der Waals surface area contributed by atoms with Gasteiger partial charge in [-0.1, -0.05) is 24.5 Å². The molecule has 7 atom stereocenters. The minimum Gasteiger partial charge on any atom is -0.377 e. The second kappa shape index (κ2) is 7.98. The first-order valence-corrected chi connectivity index (χ1v) is 12.5. The summed E-state index contributed by atoms with van der Waals surface area (Å²) in [5.41, 5.74) is 1.63. The van der Waals surface area contributed by atoms with Crippen LogP contribution in [0.25, 0.3) is 0 Å². The number of hydrogen-bond donors (Lipinski definition) is 1. The van der Waals surface area contributed by atoms with Gasteiger partial charge in [0.2, 0.25) is 0 Å². The molecule has 4 aliphatic carbocycles. The summed E-state index contributed by atoms with van der Waals surface area (Å²) in [6, 6.07) is 5.71. The maximum absolute atomic E-state index is 15.1. The molecule has 0 bridgehead atoms. The van der Waals surface area contributed by atoms with Crippen LogP contribution in [-0.4, -0.2) is 30.6 Å². The van der Waals surface area contributed by atoms with Crippen LogP contribution < -0.4 is 4.90 Å². The maximum atomic E-state index is 15.1. The number of nitrogens with zero attached hydrogens (tertiary/aromatic N) is 1. The Morgan fingerprint density at radius 1 is 1.15 bits per heavy atom. The van der Waals surface area contributed by atoms with Gasteiger partial charge in [-0.05, 0) is 98.8 Å². The van der Waals surface area contributed by atoms with Crippen molar-refractivity contribution in [2.24, 2.45) is 29.1 Å². The lowest BCUT2D eigenvalue weighted by Crippen LogP contribution is -2.54. The van der Waals surface area contributed by atoms with Gasteiger partial charge in [0.05, 0.1) is 5.69 Å². The SMILES string of the molecule is CC#C[C@]1(O)CC[C@H]2[C@@H]3CCC4=CC(=O)CC[C@@H]4[C@H]3[C@@H](c3ccc(N(C)C)c(F)c3)C[C@@]21C. The van der Waals surface area contributed by atoms with E-state index >= 15 is 4.39 Å². The lowest BCUT2D eigenvalue weighted by atomic mass is 9.46. The summed E-state index contributed by atoms with van der Waals surface area (Å²) in [5.74, 6) is 8.06. The Balaban J connectivity index is 1.63. The van der Waals surface area contributed by atoms with E-state index in [-0.39, 0.29) is 22.9 Å². The monoisotopic (exact) mass is 449 g/mol. The fourth-order valence-corrected chi connectivity index (χ4v) is 8.18. The maximum Gasteiger partial charge on any atom is 0.155 e. The molecule has 0 aromatic heterocycles. The van der Waals surface area contributed by atoms with E-state index < -0.39 is 5.60 Å². The van der Waals surface area contributed by atoms with E-state index in [1.807, 2.05) is 33.2 Å². The van der Waals surface area contributed by atoms with Crippen LogP contribution in [0.15, 0.2) is 29.8 Å². The third kappa shape index (κ3) is 3.38. The Labute approximate surface area is 197 Å². The molecule has 0 heterocycles. The highest BCUT2D eigenvalue weighted by atomic mass is 19.1. The lowest BCUT2D eigenvalue weighted by molar-refractivity contribution is -0.117. The Morgan fingerprint density at radius 2 is 1.94 bits per heavy atom. The van der Waals surface area contributed by atoms with Crippen LogP contribution in [0.5, 0.6) is 0 Å². The van der Waals surface area contributed by atoms with Gasteiger partial charge in [-0.3, -0.25) is 4.79 Å². The first-order valence-electron chi connectivity index (χ1n) is 12.5. The molecular formula is C29H36FNO2. The van der Waals surface area contributed by atoms with Crippen LogP contribution in [0.3, 0.4) is 0 Å². The number of fused-ring (bicyclic) bond motifs is 5. The van der Waals surface area contributed by atoms with E-state index in [0.717, 1.165) is 37.7 Å². The predicted octanol–water partition coefficient (Wildman–Crippen LogP) is 5.48. The highest BCUT2D eigenvalue weighted by Gasteiger charge is 2.64. The molecule has 3 fully saturated rings. The number of allylic oxidation sites excluding steroid dienone is 1. The van der Waals surface area contributed by atoms with Gasteiger partial charge in [0, 0.05) is 25.9 Å². The quantitative estimate of drug-likeness (QED) is 0.608. The minimum atomic E-state index is -0.990. The largest absolute Gasteiger partial charge is 0.377 e. The van der Waals surface area contributed by atoms with Gasteiger partial charge in [-0.25, -0.2) is 4.39 Å². The summed E-state index contributed by atoms with van der Waals surface area (Å²) >= 11 is 0. The Morgan fingerprint density at radius 3 is 2.64 bits per heavy atom. The highest BCUT2D eigenvalue weighted by Crippen LogP contribution is 2.68. The van der Waals surface area contributed by atoms with Crippen LogP contribution in [0.4, 0.5) is 10.1 Å². The molecule has 0 aliphatic heterocycles. The van der Waals surface area contributed by atoms with Gasteiger partial charge < -0.3 is 10.0 Å². The molecule has 1 N–H and O–H groups in total. The average molecular weight is 450 g/mol. The molecule has 1 aromatic rings. The van der Waals surface area contributed by atoms with E-state index in [1.54, 1.807) is 11.0 Å². The number of aliphatic hydroxyl groups is 1. The Kier molecular flexibility index (Phi) is 5.48. The number of ketones is 1. The Hall–Kier alpha value is -2.12. The average Bonchev–Trinajstić information content (AvgIpc) is 3.03. The van der Waals surface area contributed by atoms with Crippen molar-refractivity contribution in [3.05, 3.63) is 41.2 Å². The summed E-state index contributed by atoms with van der Waals surface area (Å²) in [6.45, 7) is 4.04. The van der Waals surface area contributed by atoms with Gasteiger partial charge in [0.15, 0.2) is 5.78 Å². The fraction of sp³-hybridized carbons (Fsp3) is 0.621. The molecule has 176 valence electrons. The van der Waals surface area contributed by atoms with Gasteiger partial charge in [-0.2, -0.15) is 0 Å². The van der Waals surface area contributed by atoms with Crippen LogP contribution >= 0.6 is 0 Å². The van der Waals surface area contributed by atoms with Crippen LogP contribution in [0, 0.1) is 46.7 Å². The molecule has 0 saturated heterocycles. The standard InChI is InChI=1S/C29H36FNO2/c1-5-13-29(33)14-12-24-22-9-6-18-15-20(32)8-10-21(18)27(22)23(17-28(24,29)2)19-7-11-26(31(3)4)25(30)16-19/h7,11,15-16,21-24,27,33H,6,8-10,12,14,17H2,1-4H3/t21-,22-,23+,24-,27+,28-,29-/m0/s1. The predicted molar refractivity (Wildman–Crippen MR) is 129 cm³/mol. The van der Waals surface area contributed by atoms with Gasteiger partial charge in [0.25, 0.3) is 0 Å². The minimum absolute atomic E-state index is 0.146. The topological polar surface area (TPSA) is 40.5 Å². The zero-order valence-corrected chi connectivity index (χ0v) is 20.3. The molecule has 4 aliphatic rings. The van der Waals surface area contributed by atoms with Crippen molar-refractivity contribution in [1.82, 2.24) is 0 Å². The third-order valence-electron chi connectivity index (χ3n) is 9.67. The molecule has 0 radical (unpaired) electrons. The van der Waals surface area contributed by atoms with Crippen molar-refractivity contribution in [3.63, 3.8) is 0 Å². The molecule has 0 spiro atoms. The van der Waals surface area contributed by atoms with Crippen LogP contribution in [0.1, 0.15) is 70.3 Å². The van der Waals surface area contributed by atoms with Crippen molar-refractivity contribution < 1.29 is 14.3 Å². The second-order valence-electron chi connectivity index (χ2n) is 11.3. The normalized spacial score (nSPS) is 39.5. The molecule has 3 nitrogen and oxygen atoms in total. The summed E-state index contributed by atoms with van der Waals surface area (Å²) in [4.78, 5) is 14.0. The lowest BCUT2D eigenvalue weighted by Gasteiger charge is -2.58. The molecule has 0 unspecified atom stereocenters. The van der Waals surface area contributed by atoms with Crippen LogP contribution in [0.2, 0.25) is 0 Å². The van der Waals surface area contributed by atoms with Crippen molar-refractivity contribution in [1.29, 1.82) is 0 Å². The molecule has 5 rings (SSSR count). The molecule has 0 amide bonds. The number of rotatable bonds is 2. The summed E-state index contributed by atoms with van der Waals surface area (Å²) in [6.07, 6.45) is 7.97. The molecular weight excluding hydrogens is 413 g/mol. The van der Waals surface area contributed by atoms with Gasteiger partial charge in [0.1, 0.15) is 11.4 Å². The zero-order valence-electron chi connectivity index (χ0n) is 20.3. The van der Waals surface area contributed by atoms with E-state index in [1.165, 1.54) is 5.57 Å². The first kappa shape index (κ1) is 22.7. The van der Waals surface area contributed by atoms with Gasteiger partial charge >= 0.3 is 0 Å². The first-order chi connectivity index (χ1) is 15.7. The van der Waals surface area contributed by atoms with Crippen molar-refractivity contribution >= 4 is 11.5 Å². The molecule has 33 heavy (non-hydrogen) atoms. The van der Waals surface area contributed by atoms with Crippen molar-refractivity contribution in [2.75, 3.05) is 19.0 Å². The number of hydrogen-bond acceptors (Lipinski definition) is 3.